The number of fused-ring (bicyclic) bond motifs is 2. The van der Waals surface area contributed by atoms with Crippen LogP contribution >= 0.6 is 0 Å². The molecule has 7 aromatic rings. The molecule has 5 aromatic heterocycles. The Bertz CT molecular complexity index is 3210. The minimum absolute atomic E-state index is 0.0241. The third-order valence-corrected chi connectivity index (χ3v) is 13.3. The molecule has 2 saturated carbocycles. The molecule has 2 aliphatic heterocycles. The number of nitrogens with zero attached hydrogens (tertiary/aromatic N) is 9. The average Bonchev–Trinajstić information content (AvgIpc) is 4.24. The van der Waals surface area contributed by atoms with Gasteiger partial charge < -0.3 is 34.0 Å². The Hall–Kier alpha value is -7.48. The summed E-state index contributed by atoms with van der Waals surface area (Å²) in [6, 6.07) is 14.8. The zero-order chi connectivity index (χ0) is 50.2. The van der Waals surface area contributed by atoms with Gasteiger partial charge in [-0.15, -0.1) is 0 Å². The topological polar surface area (TPSA) is 177 Å². The molecule has 16 nitrogen and oxygen atoms in total. The summed E-state index contributed by atoms with van der Waals surface area (Å²) in [4.78, 5) is 51.1. The van der Waals surface area contributed by atoms with Crippen LogP contribution in [-0.2, 0) is 47.7 Å². The molecule has 1 saturated heterocycles. The summed E-state index contributed by atoms with van der Waals surface area (Å²) in [6.45, 7) is 0.484. The highest BCUT2D eigenvalue weighted by Crippen LogP contribution is 2.42. The van der Waals surface area contributed by atoms with Gasteiger partial charge in [-0.25, -0.2) is 42.5 Å². The maximum absolute atomic E-state index is 14.3. The molecule has 0 bridgehead atoms. The van der Waals surface area contributed by atoms with Crippen LogP contribution in [-0.4, -0.2) is 83.2 Å². The number of carbonyl (C=O) groups excluding carboxylic acids is 2. The molecular weight excluding hydrogens is 935 g/mol. The lowest BCUT2D eigenvalue weighted by Gasteiger charge is -2.25. The lowest BCUT2D eigenvalue weighted by molar-refractivity contribution is -0.120. The number of Topliss-reactive ketones (excluding diaryl/α,β-unsaturated/α-hetero) is 2. The molecule has 11 rings (SSSR count). The number of ketones is 2. The maximum atomic E-state index is 14.3. The number of aryl methyl sites for hydroxylation is 2. The number of methoxy groups -OCH3 is 2. The van der Waals surface area contributed by atoms with Gasteiger partial charge in [0.05, 0.1) is 96.2 Å². The Morgan fingerprint density at radius 3 is 1.78 bits per heavy atom. The second-order valence-electron chi connectivity index (χ2n) is 18.5. The van der Waals surface area contributed by atoms with Crippen LogP contribution in [0.2, 0.25) is 0 Å². The fourth-order valence-corrected chi connectivity index (χ4v) is 9.17. The van der Waals surface area contributed by atoms with E-state index in [1.807, 2.05) is 59.6 Å². The fraction of sp³-hybridized carbons (Fsp3) is 0.385. The van der Waals surface area contributed by atoms with Gasteiger partial charge in [-0.05, 0) is 81.3 Å². The second-order valence-corrected chi connectivity index (χ2v) is 18.5. The molecule has 1 atom stereocenters. The van der Waals surface area contributed by atoms with Crippen molar-refractivity contribution in [2.75, 3.05) is 31.5 Å². The molecule has 2 aliphatic carbocycles. The van der Waals surface area contributed by atoms with Crippen molar-refractivity contribution in [3.63, 3.8) is 0 Å². The first-order chi connectivity index (χ1) is 34.8. The standard InChI is InChI=1S/C28H30F2N6O3.C24H23F2N5O2/c1-35-15-31-14-21(35)17-8-9-19(23(11-17)38-2)33-20-12-18(13-22(37)16-6-7-16)32-27-25(20)34-28(26(29)30)36(27)24-5-3-4-10-39-24;1-31-12-27-11-20(31)14-5-6-16(22(7-14)33-2)29-17-8-15(9-21(32)13-3-4-13)28-18-10-19(24(25)26)30-23(17)18/h8-9,11-12,14-16,24,26H,3-7,10,13H2,1-2H3,(H,32,33);5-8,11-13,24H,3-4,9-10H2,1-2H3,(H,28,29). The molecule has 0 spiro atoms. The summed E-state index contributed by atoms with van der Waals surface area (Å²) in [5.74, 6) is 1.14. The van der Waals surface area contributed by atoms with Crippen LogP contribution in [0.4, 0.5) is 46.0 Å². The monoisotopic (exact) mass is 987 g/mol. The zero-order valence-electron chi connectivity index (χ0n) is 40.2. The molecule has 3 fully saturated rings. The zero-order valence-corrected chi connectivity index (χ0v) is 40.2. The number of pyridine rings is 2. The largest absolute Gasteiger partial charge is 0.495 e. The maximum Gasteiger partial charge on any atom is 0.295 e. The van der Waals surface area contributed by atoms with E-state index in [9.17, 15) is 27.2 Å². The van der Waals surface area contributed by atoms with E-state index in [-0.39, 0.29) is 54.0 Å². The van der Waals surface area contributed by atoms with Crippen molar-refractivity contribution in [1.29, 1.82) is 0 Å². The van der Waals surface area contributed by atoms with Crippen molar-refractivity contribution >= 4 is 56.9 Å². The van der Waals surface area contributed by atoms with Gasteiger partial charge in [0.15, 0.2) is 11.5 Å². The first kappa shape index (κ1) is 48.2. The summed E-state index contributed by atoms with van der Waals surface area (Å²) in [5, 5.41) is 6.61. The molecule has 374 valence electrons. The number of imidazole rings is 3. The van der Waals surface area contributed by atoms with Crippen molar-refractivity contribution in [2.24, 2.45) is 30.9 Å². The summed E-state index contributed by atoms with van der Waals surface area (Å²) in [7, 11) is 6.95. The molecule has 2 aromatic carbocycles. The van der Waals surface area contributed by atoms with Crippen molar-refractivity contribution in [1.82, 2.24) is 38.6 Å². The molecule has 0 amide bonds. The van der Waals surface area contributed by atoms with E-state index in [2.05, 4.69) is 35.6 Å². The predicted octanol–water partition coefficient (Wildman–Crippen LogP) is 10.4. The number of anilines is 4. The van der Waals surface area contributed by atoms with Crippen molar-refractivity contribution in [2.45, 2.75) is 83.3 Å². The molecule has 1 unspecified atom stereocenters. The minimum atomic E-state index is -2.82. The average molecular weight is 988 g/mol. The van der Waals surface area contributed by atoms with E-state index >= 15 is 0 Å². The van der Waals surface area contributed by atoms with E-state index in [1.54, 1.807) is 51.4 Å². The fourth-order valence-electron chi connectivity index (χ4n) is 9.17. The van der Waals surface area contributed by atoms with Gasteiger partial charge in [-0.2, -0.15) is 0 Å². The van der Waals surface area contributed by atoms with E-state index < -0.39 is 24.9 Å². The minimum Gasteiger partial charge on any atom is -0.495 e. The van der Waals surface area contributed by atoms with Gasteiger partial charge in [-0.1, -0.05) is 12.1 Å². The number of carbonyl (C=O) groups is 2. The highest BCUT2D eigenvalue weighted by Gasteiger charge is 2.34. The number of alkyl halides is 4. The van der Waals surface area contributed by atoms with Gasteiger partial charge in [-0.3, -0.25) is 19.1 Å². The summed E-state index contributed by atoms with van der Waals surface area (Å²) in [5.41, 5.74) is 8.21. The SMILES string of the molecule is COc1cc(-c2cncn2C)ccc1Nc1cc(CC(=O)C2CC2)nc2c1N=C(C(F)F)C2.COc1cc(-c2cncn2C)ccc1Nc1cc(CC(=O)C2CC2)nc2c1nc(C(F)F)n2C1CCCCO1. The second kappa shape index (κ2) is 20.3. The number of halogens is 4. The Kier molecular flexibility index (Phi) is 13.6. The van der Waals surface area contributed by atoms with Crippen LogP contribution < -0.4 is 20.1 Å². The van der Waals surface area contributed by atoms with Crippen LogP contribution in [0.1, 0.15) is 80.5 Å². The van der Waals surface area contributed by atoms with Gasteiger partial charge in [0.25, 0.3) is 12.9 Å². The van der Waals surface area contributed by atoms with Crippen molar-refractivity contribution in [3.05, 3.63) is 96.5 Å². The lowest BCUT2D eigenvalue weighted by Crippen LogP contribution is -2.21. The van der Waals surface area contributed by atoms with Crippen LogP contribution in [0.25, 0.3) is 33.7 Å². The van der Waals surface area contributed by atoms with Crippen molar-refractivity contribution < 1.29 is 41.4 Å². The number of hydrogen-bond acceptors (Lipinski definition) is 13. The van der Waals surface area contributed by atoms with E-state index in [0.29, 0.717) is 75.6 Å². The molecule has 2 N–H and O–H groups in total. The van der Waals surface area contributed by atoms with Crippen LogP contribution in [0.3, 0.4) is 0 Å². The number of rotatable bonds is 17. The smallest absolute Gasteiger partial charge is 0.295 e. The number of aromatic nitrogens is 8. The van der Waals surface area contributed by atoms with Crippen LogP contribution in [0.15, 0.2) is 78.6 Å². The molecule has 4 aliphatic rings. The summed E-state index contributed by atoms with van der Waals surface area (Å²) >= 11 is 0. The number of ether oxygens (including phenoxy) is 3. The predicted molar refractivity (Wildman–Crippen MR) is 262 cm³/mol. The third kappa shape index (κ3) is 10.2. The van der Waals surface area contributed by atoms with E-state index in [1.165, 1.54) is 4.57 Å². The Morgan fingerprint density at radius 2 is 1.28 bits per heavy atom. The first-order valence-electron chi connectivity index (χ1n) is 23.9. The van der Waals surface area contributed by atoms with Gasteiger partial charge >= 0.3 is 0 Å². The Labute approximate surface area is 411 Å². The van der Waals surface area contributed by atoms with Gasteiger partial charge in [0.2, 0.25) is 0 Å². The Balaban J connectivity index is 0.000000168. The van der Waals surface area contributed by atoms with Gasteiger partial charge in [0, 0.05) is 62.9 Å². The highest BCUT2D eigenvalue weighted by molar-refractivity contribution is 5.99. The van der Waals surface area contributed by atoms with Crippen LogP contribution in [0.5, 0.6) is 11.5 Å². The number of nitrogens with one attached hydrogen (secondary N) is 2. The number of benzene rings is 2. The lowest BCUT2D eigenvalue weighted by atomic mass is 10.1. The molecular formula is C52H53F4N11O5. The summed E-state index contributed by atoms with van der Waals surface area (Å²) < 4.78 is 77.6. The Morgan fingerprint density at radius 1 is 0.708 bits per heavy atom. The summed E-state index contributed by atoms with van der Waals surface area (Å²) in [6.07, 6.45) is 7.12. The van der Waals surface area contributed by atoms with Gasteiger partial charge in [0.1, 0.15) is 40.5 Å². The van der Waals surface area contributed by atoms with E-state index in [0.717, 1.165) is 61.0 Å². The molecule has 20 heteroatoms. The normalized spacial score (nSPS) is 16.4. The quantitative estimate of drug-likeness (QED) is 0.0827. The molecule has 0 radical (unpaired) electrons. The number of hydrogen-bond donors (Lipinski definition) is 2. The molecule has 72 heavy (non-hydrogen) atoms. The van der Waals surface area contributed by atoms with Crippen molar-refractivity contribution in [3.8, 4) is 34.0 Å². The first-order valence-corrected chi connectivity index (χ1v) is 23.9. The third-order valence-electron chi connectivity index (χ3n) is 13.3. The molecule has 7 heterocycles. The van der Waals surface area contributed by atoms with E-state index in [4.69, 9.17) is 19.2 Å². The number of aliphatic imine (C=N–C) groups is 1. The van der Waals surface area contributed by atoms with Crippen LogP contribution in [0, 0.1) is 11.8 Å². The highest BCUT2D eigenvalue weighted by atomic mass is 19.3.